The summed E-state index contributed by atoms with van der Waals surface area (Å²) in [5, 5.41) is 7.27. The number of hydrogen-bond acceptors (Lipinski definition) is 2. The number of anilines is 1. The molecular formula is C10H14ClN3S. The van der Waals surface area contributed by atoms with Gasteiger partial charge in [-0.1, -0.05) is 11.6 Å². The van der Waals surface area contributed by atoms with Gasteiger partial charge < -0.3 is 10.6 Å². The Morgan fingerprint density at radius 2 is 2.07 bits per heavy atom. The van der Waals surface area contributed by atoms with Crippen LogP contribution in [0.25, 0.3) is 0 Å². The first-order valence-corrected chi connectivity index (χ1v) is 5.36. The molecule has 0 aliphatic carbocycles. The van der Waals surface area contributed by atoms with Crippen LogP contribution in [0, 0.1) is 0 Å². The zero-order valence-corrected chi connectivity index (χ0v) is 10.5. The van der Waals surface area contributed by atoms with Gasteiger partial charge in [0.1, 0.15) is 5.82 Å². The van der Waals surface area contributed by atoms with Crippen molar-refractivity contribution in [2.75, 3.05) is 5.32 Å². The van der Waals surface area contributed by atoms with Crippen molar-refractivity contribution in [3.05, 3.63) is 23.4 Å². The van der Waals surface area contributed by atoms with Gasteiger partial charge in [-0.3, -0.25) is 0 Å². The molecule has 0 aliphatic heterocycles. The van der Waals surface area contributed by atoms with E-state index in [0.717, 1.165) is 0 Å². The molecule has 1 aromatic rings. The van der Waals surface area contributed by atoms with Crippen LogP contribution in [0.1, 0.15) is 20.8 Å². The summed E-state index contributed by atoms with van der Waals surface area (Å²) in [6.07, 6.45) is 1.57. The molecule has 1 heterocycles. The van der Waals surface area contributed by atoms with Crippen molar-refractivity contribution in [3.63, 3.8) is 0 Å². The number of rotatable bonds is 1. The Kier molecular flexibility index (Phi) is 3.88. The summed E-state index contributed by atoms with van der Waals surface area (Å²) in [5.74, 6) is 0.682. The van der Waals surface area contributed by atoms with Gasteiger partial charge in [-0.2, -0.15) is 0 Å². The van der Waals surface area contributed by atoms with E-state index >= 15 is 0 Å². The minimum Gasteiger partial charge on any atom is -0.358 e. The summed E-state index contributed by atoms with van der Waals surface area (Å²) in [7, 11) is 0. The molecule has 0 aliphatic rings. The molecule has 2 N–H and O–H groups in total. The fourth-order valence-corrected chi connectivity index (χ4v) is 1.46. The Morgan fingerprint density at radius 3 is 2.53 bits per heavy atom. The second-order valence-electron chi connectivity index (χ2n) is 4.19. The third kappa shape index (κ3) is 4.95. The molecule has 0 fully saturated rings. The predicted octanol–water partition coefficient (Wildman–Crippen LogP) is 2.82. The molecule has 0 amide bonds. The topological polar surface area (TPSA) is 37.0 Å². The molecule has 1 aromatic heterocycles. The Balaban J connectivity index is 2.55. The van der Waals surface area contributed by atoms with Crippen LogP contribution in [0.4, 0.5) is 5.82 Å². The number of pyridine rings is 1. The van der Waals surface area contributed by atoms with Crippen LogP contribution < -0.4 is 10.6 Å². The first-order chi connectivity index (χ1) is 6.87. The molecule has 0 saturated heterocycles. The highest BCUT2D eigenvalue weighted by atomic mass is 35.5. The number of hydrogen-bond donors (Lipinski definition) is 2. The van der Waals surface area contributed by atoms with Gasteiger partial charge in [-0.15, -0.1) is 0 Å². The summed E-state index contributed by atoms with van der Waals surface area (Å²) >= 11 is 10.8. The molecule has 0 atom stereocenters. The lowest BCUT2D eigenvalue weighted by Gasteiger charge is -2.22. The molecule has 1 rings (SSSR count). The average Bonchev–Trinajstić information content (AvgIpc) is 2.05. The maximum absolute atomic E-state index is 5.72. The quantitative estimate of drug-likeness (QED) is 0.744. The molecule has 15 heavy (non-hydrogen) atoms. The van der Waals surface area contributed by atoms with Gasteiger partial charge in [0.15, 0.2) is 5.11 Å². The molecule has 0 bridgehead atoms. The van der Waals surface area contributed by atoms with Crippen molar-refractivity contribution in [3.8, 4) is 0 Å². The van der Waals surface area contributed by atoms with Crippen molar-refractivity contribution in [2.24, 2.45) is 0 Å². The lowest BCUT2D eigenvalue weighted by molar-refractivity contribution is 0.515. The fourth-order valence-electron chi connectivity index (χ4n) is 0.938. The van der Waals surface area contributed by atoms with Gasteiger partial charge in [0.25, 0.3) is 0 Å². The molecule has 0 spiro atoms. The van der Waals surface area contributed by atoms with Gasteiger partial charge in [0.05, 0.1) is 5.02 Å². The average molecular weight is 244 g/mol. The van der Waals surface area contributed by atoms with Crippen LogP contribution in [-0.2, 0) is 0 Å². The van der Waals surface area contributed by atoms with Crippen LogP contribution in [0.15, 0.2) is 18.3 Å². The van der Waals surface area contributed by atoms with E-state index < -0.39 is 0 Å². The predicted molar refractivity (Wildman–Crippen MR) is 68.4 cm³/mol. The van der Waals surface area contributed by atoms with E-state index in [2.05, 4.69) is 15.6 Å². The summed E-state index contributed by atoms with van der Waals surface area (Å²) in [5.41, 5.74) is -0.0590. The normalized spacial score (nSPS) is 10.9. The van der Waals surface area contributed by atoms with E-state index in [4.69, 9.17) is 23.8 Å². The first kappa shape index (κ1) is 12.2. The highest BCUT2D eigenvalue weighted by Crippen LogP contribution is 2.09. The molecule has 5 heteroatoms. The standard InChI is InChI=1S/C10H14ClN3S/c1-10(2,3)14-9(15)13-8-5-4-7(11)6-12-8/h4-6H,1-3H3,(H2,12,13,14,15). The van der Waals surface area contributed by atoms with Crippen molar-refractivity contribution in [1.29, 1.82) is 0 Å². The maximum atomic E-state index is 5.72. The van der Waals surface area contributed by atoms with Crippen LogP contribution in [0.5, 0.6) is 0 Å². The third-order valence-corrected chi connectivity index (χ3v) is 1.89. The SMILES string of the molecule is CC(C)(C)NC(=S)Nc1ccc(Cl)cn1. The van der Waals surface area contributed by atoms with E-state index in [1.807, 2.05) is 20.8 Å². The van der Waals surface area contributed by atoms with Gasteiger partial charge in [0, 0.05) is 11.7 Å². The van der Waals surface area contributed by atoms with Crippen molar-refractivity contribution in [1.82, 2.24) is 10.3 Å². The second-order valence-corrected chi connectivity index (χ2v) is 5.04. The minimum absolute atomic E-state index is 0.0590. The minimum atomic E-state index is -0.0590. The van der Waals surface area contributed by atoms with Gasteiger partial charge in [-0.25, -0.2) is 4.98 Å². The zero-order valence-electron chi connectivity index (χ0n) is 8.97. The van der Waals surface area contributed by atoms with E-state index in [-0.39, 0.29) is 5.54 Å². The lowest BCUT2D eigenvalue weighted by atomic mass is 10.1. The number of thiocarbonyl (C=S) groups is 1. The van der Waals surface area contributed by atoms with Crippen molar-refractivity contribution >= 4 is 34.7 Å². The van der Waals surface area contributed by atoms with Crippen LogP contribution in [0.2, 0.25) is 5.02 Å². The smallest absolute Gasteiger partial charge is 0.172 e. The molecule has 82 valence electrons. The highest BCUT2D eigenvalue weighted by molar-refractivity contribution is 7.80. The second kappa shape index (κ2) is 4.77. The van der Waals surface area contributed by atoms with E-state index in [1.165, 1.54) is 0 Å². The van der Waals surface area contributed by atoms with Crippen molar-refractivity contribution in [2.45, 2.75) is 26.3 Å². The lowest BCUT2D eigenvalue weighted by Crippen LogP contribution is -2.43. The number of halogens is 1. The third-order valence-electron chi connectivity index (χ3n) is 1.46. The number of nitrogens with zero attached hydrogens (tertiary/aromatic N) is 1. The van der Waals surface area contributed by atoms with Gasteiger partial charge >= 0.3 is 0 Å². The molecule has 0 aromatic carbocycles. The van der Waals surface area contributed by atoms with Crippen LogP contribution >= 0.6 is 23.8 Å². The van der Waals surface area contributed by atoms with Gasteiger partial charge in [0.2, 0.25) is 0 Å². The Hall–Kier alpha value is -0.870. The monoisotopic (exact) mass is 243 g/mol. The summed E-state index contributed by atoms with van der Waals surface area (Å²) in [6, 6.07) is 3.54. The largest absolute Gasteiger partial charge is 0.358 e. The van der Waals surface area contributed by atoms with E-state index in [9.17, 15) is 0 Å². The Bertz CT molecular complexity index is 343. The van der Waals surface area contributed by atoms with Crippen molar-refractivity contribution < 1.29 is 0 Å². The summed E-state index contributed by atoms with van der Waals surface area (Å²) < 4.78 is 0. The van der Waals surface area contributed by atoms with Crippen LogP contribution in [-0.4, -0.2) is 15.6 Å². The van der Waals surface area contributed by atoms with Gasteiger partial charge in [-0.05, 0) is 45.1 Å². The maximum Gasteiger partial charge on any atom is 0.172 e. The number of nitrogens with one attached hydrogen (secondary N) is 2. The van der Waals surface area contributed by atoms with Crippen LogP contribution in [0.3, 0.4) is 0 Å². The molecule has 0 saturated carbocycles. The first-order valence-electron chi connectivity index (χ1n) is 4.57. The Morgan fingerprint density at radius 1 is 1.40 bits per heavy atom. The summed E-state index contributed by atoms with van der Waals surface area (Å²) in [6.45, 7) is 6.11. The Labute approximate surface area is 100 Å². The molecule has 3 nitrogen and oxygen atoms in total. The number of aromatic nitrogens is 1. The van der Waals surface area contributed by atoms with E-state index in [0.29, 0.717) is 16.0 Å². The zero-order chi connectivity index (χ0) is 11.5. The molecular weight excluding hydrogens is 230 g/mol. The summed E-state index contributed by atoms with van der Waals surface area (Å²) in [4.78, 5) is 4.08. The fraction of sp³-hybridized carbons (Fsp3) is 0.400. The molecule has 0 unspecified atom stereocenters. The van der Waals surface area contributed by atoms with E-state index in [1.54, 1.807) is 18.3 Å². The highest BCUT2D eigenvalue weighted by Gasteiger charge is 2.10. The molecule has 0 radical (unpaired) electrons.